The first-order chi connectivity index (χ1) is 8.88. The second-order valence-electron chi connectivity index (χ2n) is 3.97. The molecule has 102 valence electrons. The molecule has 0 fully saturated rings. The number of carbonyl (C=O) groups excluding carboxylic acids is 1. The van der Waals surface area contributed by atoms with Crippen LogP contribution < -0.4 is 4.74 Å². The van der Waals surface area contributed by atoms with Gasteiger partial charge in [0, 0.05) is 11.1 Å². The van der Waals surface area contributed by atoms with Crippen LogP contribution in [-0.2, 0) is 4.79 Å². The van der Waals surface area contributed by atoms with Gasteiger partial charge in [-0.15, -0.1) is 0 Å². The van der Waals surface area contributed by atoms with Crippen molar-refractivity contribution in [2.45, 2.75) is 20.8 Å². The zero-order chi connectivity index (χ0) is 14.6. The Kier molecular flexibility index (Phi) is 5.12. The van der Waals surface area contributed by atoms with Crippen molar-refractivity contribution in [1.29, 1.82) is 0 Å². The molecule has 0 aliphatic rings. The lowest BCUT2D eigenvalue weighted by molar-refractivity contribution is -0.131. The fraction of sp³-hybridized carbons (Fsp3) is 0.286. The maximum Gasteiger partial charge on any atom is 0.328 e. The topological polar surface area (TPSA) is 63.6 Å². The van der Waals surface area contributed by atoms with Crippen LogP contribution in [-0.4, -0.2) is 23.5 Å². The number of allylic oxidation sites excluding steroid dienone is 1. The highest BCUT2D eigenvalue weighted by Gasteiger charge is 2.18. The lowest BCUT2D eigenvalue weighted by atomic mass is 10.00. The number of hydrogen-bond donors (Lipinski definition) is 1. The van der Waals surface area contributed by atoms with E-state index in [0.29, 0.717) is 28.5 Å². The van der Waals surface area contributed by atoms with Crippen molar-refractivity contribution in [2.75, 3.05) is 6.61 Å². The van der Waals surface area contributed by atoms with Crippen LogP contribution in [0.1, 0.15) is 28.4 Å². The Balaban J connectivity index is 3.35. The fourth-order valence-electron chi connectivity index (χ4n) is 1.73. The molecule has 0 bridgehead atoms. The highest BCUT2D eigenvalue weighted by molar-refractivity contribution is 6.33. The number of hydrogen-bond acceptors (Lipinski definition) is 3. The summed E-state index contributed by atoms with van der Waals surface area (Å²) in [5.74, 6) is -1.20. The minimum absolute atomic E-state index is 0.301. The number of carbonyl (C=O) groups is 2. The van der Waals surface area contributed by atoms with E-state index in [2.05, 4.69) is 0 Å². The molecule has 0 atom stereocenters. The van der Waals surface area contributed by atoms with E-state index < -0.39 is 11.8 Å². The van der Waals surface area contributed by atoms with Gasteiger partial charge in [0.05, 0.1) is 12.2 Å². The molecule has 0 saturated carbocycles. The van der Waals surface area contributed by atoms with Crippen LogP contribution in [0.5, 0.6) is 5.75 Å². The second-order valence-corrected chi connectivity index (χ2v) is 4.35. The summed E-state index contributed by atoms with van der Waals surface area (Å²) in [6.45, 7) is 5.74. The Bertz CT molecular complexity index is 547. The summed E-state index contributed by atoms with van der Waals surface area (Å²) in [6.07, 6.45) is 1.80. The molecule has 0 unspecified atom stereocenters. The average molecular weight is 283 g/mol. The molecular formula is C14H15ClO4. The first-order valence-electron chi connectivity index (χ1n) is 5.76. The smallest absolute Gasteiger partial charge is 0.328 e. The molecule has 4 nitrogen and oxygen atoms in total. The van der Waals surface area contributed by atoms with Crippen LogP contribution in [0, 0.1) is 13.8 Å². The third-order valence-electron chi connectivity index (χ3n) is 2.57. The van der Waals surface area contributed by atoms with Crippen LogP contribution in [0.15, 0.2) is 18.2 Å². The number of carboxylic acid groups (broad SMARTS) is 1. The quantitative estimate of drug-likeness (QED) is 0.665. The van der Waals surface area contributed by atoms with Crippen molar-refractivity contribution >= 4 is 23.4 Å². The standard InChI is InChI=1S/C14H15ClO4/c1-4-19-11-7-8(2)14(15)9(3)13(11)10(16)5-6-12(17)18/h5-7H,4H2,1-3H3,(H,17,18)/b6-5+. The van der Waals surface area contributed by atoms with E-state index in [1.54, 1.807) is 19.9 Å². The predicted molar refractivity (Wildman–Crippen MR) is 73.2 cm³/mol. The van der Waals surface area contributed by atoms with E-state index in [1.807, 2.05) is 6.92 Å². The van der Waals surface area contributed by atoms with Gasteiger partial charge in [0.1, 0.15) is 5.75 Å². The Morgan fingerprint density at radius 2 is 2.00 bits per heavy atom. The molecule has 0 amide bonds. The van der Waals surface area contributed by atoms with Crippen LogP contribution >= 0.6 is 11.6 Å². The lowest BCUT2D eigenvalue weighted by Crippen LogP contribution is -2.06. The minimum atomic E-state index is -1.18. The van der Waals surface area contributed by atoms with E-state index in [0.717, 1.165) is 17.7 Å². The molecule has 0 heterocycles. The lowest BCUT2D eigenvalue weighted by Gasteiger charge is -2.14. The summed E-state index contributed by atoms with van der Waals surface area (Å²) in [7, 11) is 0. The van der Waals surface area contributed by atoms with Crippen molar-refractivity contribution < 1.29 is 19.4 Å². The SMILES string of the molecule is CCOc1cc(C)c(Cl)c(C)c1C(=O)/C=C/C(=O)O. The van der Waals surface area contributed by atoms with Gasteiger partial charge in [-0.25, -0.2) is 4.79 Å². The molecule has 1 aromatic rings. The van der Waals surface area contributed by atoms with Crippen LogP contribution in [0.2, 0.25) is 5.02 Å². The number of aryl methyl sites for hydroxylation is 1. The van der Waals surface area contributed by atoms with E-state index in [9.17, 15) is 9.59 Å². The summed E-state index contributed by atoms with van der Waals surface area (Å²) in [6, 6.07) is 1.68. The monoisotopic (exact) mass is 282 g/mol. The summed E-state index contributed by atoms with van der Waals surface area (Å²) >= 11 is 6.11. The number of ketones is 1. The van der Waals surface area contributed by atoms with Crippen molar-refractivity contribution in [1.82, 2.24) is 0 Å². The molecule has 0 aromatic heterocycles. The van der Waals surface area contributed by atoms with Gasteiger partial charge in [-0.3, -0.25) is 4.79 Å². The Morgan fingerprint density at radius 3 is 2.53 bits per heavy atom. The predicted octanol–water partition coefficient (Wildman–Crippen LogP) is 3.18. The molecule has 0 radical (unpaired) electrons. The van der Waals surface area contributed by atoms with Crippen molar-refractivity contribution in [3.8, 4) is 5.75 Å². The highest BCUT2D eigenvalue weighted by atomic mass is 35.5. The summed E-state index contributed by atoms with van der Waals surface area (Å²) in [5.41, 5.74) is 1.70. The molecule has 1 N–H and O–H groups in total. The minimum Gasteiger partial charge on any atom is -0.493 e. The normalized spacial score (nSPS) is 10.7. The van der Waals surface area contributed by atoms with Crippen LogP contribution in [0.4, 0.5) is 0 Å². The van der Waals surface area contributed by atoms with Gasteiger partial charge in [-0.05, 0) is 44.0 Å². The Labute approximate surface area is 116 Å². The van der Waals surface area contributed by atoms with Crippen LogP contribution in [0.3, 0.4) is 0 Å². The van der Waals surface area contributed by atoms with Crippen molar-refractivity contribution in [2.24, 2.45) is 0 Å². The number of halogens is 1. The third-order valence-corrected chi connectivity index (χ3v) is 3.15. The fourth-order valence-corrected chi connectivity index (χ4v) is 1.88. The number of carboxylic acids is 1. The first kappa shape index (κ1) is 15.2. The molecule has 0 aliphatic carbocycles. The molecular weight excluding hydrogens is 268 g/mol. The molecule has 0 spiro atoms. The van der Waals surface area contributed by atoms with Crippen molar-refractivity contribution in [3.05, 3.63) is 39.9 Å². The number of rotatable bonds is 5. The number of aliphatic carboxylic acids is 1. The zero-order valence-electron chi connectivity index (χ0n) is 11.0. The van der Waals surface area contributed by atoms with Gasteiger partial charge in [0.2, 0.25) is 0 Å². The van der Waals surface area contributed by atoms with E-state index in [-0.39, 0.29) is 0 Å². The van der Waals surface area contributed by atoms with Gasteiger partial charge in [-0.1, -0.05) is 11.6 Å². The second kappa shape index (κ2) is 6.38. The summed E-state index contributed by atoms with van der Waals surface area (Å²) in [5, 5.41) is 9.04. The molecule has 1 aromatic carbocycles. The number of ether oxygens (including phenoxy) is 1. The first-order valence-corrected chi connectivity index (χ1v) is 6.14. The average Bonchev–Trinajstić information content (AvgIpc) is 2.34. The maximum atomic E-state index is 12.0. The van der Waals surface area contributed by atoms with E-state index >= 15 is 0 Å². The van der Waals surface area contributed by atoms with Gasteiger partial charge in [0.15, 0.2) is 5.78 Å². The third kappa shape index (κ3) is 3.58. The van der Waals surface area contributed by atoms with E-state index in [4.69, 9.17) is 21.4 Å². The highest BCUT2D eigenvalue weighted by Crippen LogP contribution is 2.32. The zero-order valence-corrected chi connectivity index (χ0v) is 11.7. The molecule has 1 rings (SSSR count). The van der Waals surface area contributed by atoms with Gasteiger partial charge < -0.3 is 9.84 Å². The van der Waals surface area contributed by atoms with E-state index in [1.165, 1.54) is 0 Å². The van der Waals surface area contributed by atoms with Crippen LogP contribution in [0.25, 0.3) is 0 Å². The Hall–Kier alpha value is -1.81. The van der Waals surface area contributed by atoms with Crippen molar-refractivity contribution in [3.63, 3.8) is 0 Å². The van der Waals surface area contributed by atoms with Gasteiger partial charge >= 0.3 is 5.97 Å². The molecule has 5 heteroatoms. The van der Waals surface area contributed by atoms with Gasteiger partial charge in [0.25, 0.3) is 0 Å². The summed E-state index contributed by atoms with van der Waals surface area (Å²) in [4.78, 5) is 22.5. The molecule has 19 heavy (non-hydrogen) atoms. The maximum absolute atomic E-state index is 12.0. The number of benzene rings is 1. The molecule has 0 aliphatic heterocycles. The van der Waals surface area contributed by atoms with Gasteiger partial charge in [-0.2, -0.15) is 0 Å². The largest absolute Gasteiger partial charge is 0.493 e. The summed E-state index contributed by atoms with van der Waals surface area (Å²) < 4.78 is 5.42. The Morgan fingerprint density at radius 1 is 1.37 bits per heavy atom. The molecule has 0 saturated heterocycles.